The van der Waals surface area contributed by atoms with Crippen LogP contribution in [0.25, 0.3) is 0 Å². The van der Waals surface area contributed by atoms with Crippen LogP contribution >= 0.6 is 45.8 Å². The molecule has 0 aliphatic rings. The third kappa shape index (κ3) is 3.94. The van der Waals surface area contributed by atoms with E-state index >= 15 is 0 Å². The summed E-state index contributed by atoms with van der Waals surface area (Å²) in [6.45, 7) is 0. The highest BCUT2D eigenvalue weighted by Gasteiger charge is 2.05. The maximum Gasteiger partial charge on any atom is 0.271 e. The number of carbonyl (C=O) groups is 1. The van der Waals surface area contributed by atoms with Gasteiger partial charge in [-0.2, -0.15) is 5.10 Å². The first-order valence-electron chi connectivity index (χ1n) is 5.61. The first kappa shape index (κ1) is 15.3. The summed E-state index contributed by atoms with van der Waals surface area (Å²) in [5.74, 6) is -0.280. The molecule has 102 valence electrons. The fraction of sp³-hybridized carbons (Fsp3) is 0. The Balaban J connectivity index is 2.07. The second kappa shape index (κ2) is 7.06. The smallest absolute Gasteiger partial charge is 0.267 e. The lowest BCUT2D eigenvalue weighted by Crippen LogP contribution is -2.17. The molecule has 0 fully saturated rings. The average Bonchev–Trinajstić information content (AvgIpc) is 2.43. The first-order chi connectivity index (χ1) is 9.58. The number of rotatable bonds is 3. The fourth-order valence-corrected chi connectivity index (χ4v) is 2.37. The van der Waals surface area contributed by atoms with E-state index in [9.17, 15) is 4.79 Å². The molecule has 0 aromatic heterocycles. The number of hydrogen-bond donors (Lipinski definition) is 1. The number of hydrazone groups is 1. The number of halogens is 3. The van der Waals surface area contributed by atoms with E-state index in [-0.39, 0.29) is 5.91 Å². The van der Waals surface area contributed by atoms with Crippen LogP contribution in [0.15, 0.2) is 47.6 Å². The summed E-state index contributed by atoms with van der Waals surface area (Å²) in [5, 5.41) is 4.73. The molecule has 1 amide bonds. The lowest BCUT2D eigenvalue weighted by Gasteiger charge is -2.01. The second-order valence-corrected chi connectivity index (χ2v) is 5.88. The zero-order valence-electron chi connectivity index (χ0n) is 10.1. The minimum absolute atomic E-state index is 0.280. The lowest BCUT2D eigenvalue weighted by atomic mass is 10.2. The number of carbonyl (C=O) groups excluding carboxylic acids is 1. The third-order valence-corrected chi connectivity index (χ3v) is 3.94. The minimum atomic E-state index is -0.280. The maximum absolute atomic E-state index is 11.9. The number of amides is 1. The van der Waals surface area contributed by atoms with Gasteiger partial charge in [0.1, 0.15) is 0 Å². The summed E-state index contributed by atoms with van der Waals surface area (Å²) in [6, 6.07) is 12.4. The van der Waals surface area contributed by atoms with Crippen molar-refractivity contribution in [3.63, 3.8) is 0 Å². The van der Waals surface area contributed by atoms with Gasteiger partial charge in [0.2, 0.25) is 0 Å². The summed E-state index contributed by atoms with van der Waals surface area (Å²) >= 11 is 14.0. The molecule has 2 aromatic rings. The van der Waals surface area contributed by atoms with E-state index in [4.69, 9.17) is 23.2 Å². The molecule has 20 heavy (non-hydrogen) atoms. The monoisotopic (exact) mass is 418 g/mol. The molecular weight excluding hydrogens is 410 g/mol. The summed E-state index contributed by atoms with van der Waals surface area (Å²) < 4.78 is 0.983. The van der Waals surface area contributed by atoms with Gasteiger partial charge < -0.3 is 0 Å². The van der Waals surface area contributed by atoms with E-state index in [1.54, 1.807) is 30.3 Å². The zero-order valence-corrected chi connectivity index (χ0v) is 13.8. The summed E-state index contributed by atoms with van der Waals surface area (Å²) in [4.78, 5) is 11.9. The molecule has 0 aliphatic heterocycles. The van der Waals surface area contributed by atoms with Crippen molar-refractivity contribution in [2.24, 2.45) is 5.10 Å². The Morgan fingerprint density at radius 2 is 1.95 bits per heavy atom. The Hall–Kier alpha value is -1.11. The van der Waals surface area contributed by atoms with Crippen molar-refractivity contribution in [2.45, 2.75) is 0 Å². The molecule has 1 N–H and O–H groups in total. The molecule has 0 heterocycles. The van der Waals surface area contributed by atoms with E-state index in [1.165, 1.54) is 6.21 Å². The lowest BCUT2D eigenvalue weighted by molar-refractivity contribution is 0.0955. The Morgan fingerprint density at radius 3 is 2.70 bits per heavy atom. The van der Waals surface area contributed by atoms with Gasteiger partial charge >= 0.3 is 0 Å². The topological polar surface area (TPSA) is 41.5 Å². The van der Waals surface area contributed by atoms with Gasteiger partial charge in [-0.1, -0.05) is 41.4 Å². The minimum Gasteiger partial charge on any atom is -0.267 e. The molecule has 0 saturated heterocycles. The summed E-state index contributed by atoms with van der Waals surface area (Å²) in [6.07, 6.45) is 1.46. The Kier molecular flexibility index (Phi) is 5.39. The van der Waals surface area contributed by atoms with E-state index in [1.807, 2.05) is 12.1 Å². The molecule has 0 atom stereocenters. The van der Waals surface area contributed by atoms with Crippen LogP contribution < -0.4 is 5.43 Å². The number of nitrogens with zero attached hydrogens (tertiary/aromatic N) is 1. The standard InChI is InChI=1S/C14H9Cl2IN2O/c15-12-6-2-4-10(13(12)16)8-18-19-14(20)9-3-1-5-11(17)7-9/h1-8H,(H,19,20)/b18-8-. The number of hydrogen-bond acceptors (Lipinski definition) is 2. The van der Waals surface area contributed by atoms with Crippen LogP contribution in [0.4, 0.5) is 0 Å². The Bertz CT molecular complexity index is 674. The van der Waals surface area contributed by atoms with Gasteiger partial charge in [0, 0.05) is 14.7 Å². The van der Waals surface area contributed by atoms with Crippen molar-refractivity contribution in [1.29, 1.82) is 0 Å². The van der Waals surface area contributed by atoms with Gasteiger partial charge in [-0.05, 0) is 46.9 Å². The van der Waals surface area contributed by atoms with Crippen LogP contribution in [-0.4, -0.2) is 12.1 Å². The molecule has 0 radical (unpaired) electrons. The van der Waals surface area contributed by atoms with Gasteiger partial charge in [0.25, 0.3) is 5.91 Å². The van der Waals surface area contributed by atoms with Crippen molar-refractivity contribution in [3.8, 4) is 0 Å². The van der Waals surface area contributed by atoms with Crippen LogP contribution in [0.2, 0.25) is 10.0 Å². The zero-order chi connectivity index (χ0) is 14.5. The Labute approximate surface area is 140 Å². The molecule has 0 spiro atoms. The van der Waals surface area contributed by atoms with Crippen LogP contribution in [-0.2, 0) is 0 Å². The molecule has 3 nitrogen and oxygen atoms in total. The third-order valence-electron chi connectivity index (χ3n) is 2.44. The highest BCUT2D eigenvalue weighted by molar-refractivity contribution is 14.1. The van der Waals surface area contributed by atoms with Crippen LogP contribution in [0, 0.1) is 3.57 Å². The summed E-state index contributed by atoms with van der Waals surface area (Å²) in [5.41, 5.74) is 3.64. The molecule has 2 aromatic carbocycles. The van der Waals surface area contributed by atoms with Gasteiger partial charge in [-0.3, -0.25) is 4.79 Å². The van der Waals surface area contributed by atoms with Crippen molar-refractivity contribution in [2.75, 3.05) is 0 Å². The number of nitrogens with one attached hydrogen (secondary N) is 1. The van der Waals surface area contributed by atoms with Gasteiger partial charge in [0.15, 0.2) is 0 Å². The van der Waals surface area contributed by atoms with E-state index < -0.39 is 0 Å². The molecule has 0 bridgehead atoms. The molecule has 0 saturated carbocycles. The average molecular weight is 419 g/mol. The van der Waals surface area contributed by atoms with Crippen molar-refractivity contribution < 1.29 is 4.79 Å². The predicted octanol–water partition coefficient (Wildman–Crippen LogP) is 4.36. The van der Waals surface area contributed by atoms with Crippen molar-refractivity contribution >= 4 is 57.9 Å². The van der Waals surface area contributed by atoms with Gasteiger partial charge in [-0.15, -0.1) is 0 Å². The van der Waals surface area contributed by atoms with Gasteiger partial charge in [0.05, 0.1) is 16.3 Å². The predicted molar refractivity (Wildman–Crippen MR) is 90.7 cm³/mol. The SMILES string of the molecule is O=C(N/N=C\c1cccc(Cl)c1Cl)c1cccc(I)c1. The van der Waals surface area contributed by atoms with Crippen LogP contribution in [0.5, 0.6) is 0 Å². The van der Waals surface area contributed by atoms with E-state index in [2.05, 4.69) is 33.1 Å². The Morgan fingerprint density at radius 1 is 1.20 bits per heavy atom. The molecule has 2 rings (SSSR count). The fourth-order valence-electron chi connectivity index (χ4n) is 1.47. The normalized spacial score (nSPS) is 10.8. The molecular formula is C14H9Cl2IN2O. The van der Waals surface area contributed by atoms with Crippen LogP contribution in [0.3, 0.4) is 0 Å². The molecule has 0 unspecified atom stereocenters. The number of benzene rings is 2. The first-order valence-corrected chi connectivity index (χ1v) is 7.44. The molecule has 6 heteroatoms. The quantitative estimate of drug-likeness (QED) is 0.449. The highest BCUT2D eigenvalue weighted by atomic mass is 127. The van der Waals surface area contributed by atoms with E-state index in [0.29, 0.717) is 21.2 Å². The van der Waals surface area contributed by atoms with Gasteiger partial charge in [-0.25, -0.2) is 5.43 Å². The molecule has 0 aliphatic carbocycles. The van der Waals surface area contributed by atoms with E-state index in [0.717, 1.165) is 3.57 Å². The van der Waals surface area contributed by atoms with Crippen molar-refractivity contribution in [1.82, 2.24) is 5.43 Å². The maximum atomic E-state index is 11.9. The largest absolute Gasteiger partial charge is 0.271 e. The van der Waals surface area contributed by atoms with Crippen LogP contribution in [0.1, 0.15) is 15.9 Å². The second-order valence-electron chi connectivity index (χ2n) is 3.85. The highest BCUT2D eigenvalue weighted by Crippen LogP contribution is 2.24. The van der Waals surface area contributed by atoms with Crippen molar-refractivity contribution in [3.05, 3.63) is 67.2 Å². The summed E-state index contributed by atoms with van der Waals surface area (Å²) in [7, 11) is 0.